The van der Waals surface area contributed by atoms with Crippen molar-refractivity contribution in [2.45, 2.75) is 19.4 Å². The molecule has 0 fully saturated rings. The van der Waals surface area contributed by atoms with Gasteiger partial charge in [-0.25, -0.2) is 19.5 Å². The van der Waals surface area contributed by atoms with Crippen molar-refractivity contribution in [1.82, 2.24) is 14.8 Å². The fourth-order valence-corrected chi connectivity index (χ4v) is 2.53. The quantitative estimate of drug-likeness (QED) is 0.865. The zero-order valence-corrected chi connectivity index (χ0v) is 13.1. The Bertz CT molecular complexity index is 823. The SMILES string of the molecule is CC(C(N)=O)n1c(N2CCC(c3ccc(Cl)cc3)=N2)n[nH]c1=O. The Balaban J connectivity index is 1.94. The third kappa shape index (κ3) is 2.85. The number of halogens is 1. The van der Waals surface area contributed by atoms with Crippen molar-refractivity contribution < 1.29 is 4.79 Å². The first-order valence-corrected chi connectivity index (χ1v) is 7.42. The van der Waals surface area contributed by atoms with E-state index in [-0.39, 0.29) is 5.95 Å². The topological polar surface area (TPSA) is 109 Å². The van der Waals surface area contributed by atoms with Gasteiger partial charge in [0.15, 0.2) is 0 Å². The van der Waals surface area contributed by atoms with E-state index in [0.29, 0.717) is 18.0 Å². The summed E-state index contributed by atoms with van der Waals surface area (Å²) in [5.41, 5.74) is 6.60. The van der Waals surface area contributed by atoms with Crippen LogP contribution in [0.5, 0.6) is 0 Å². The lowest BCUT2D eigenvalue weighted by molar-refractivity contribution is -0.120. The summed E-state index contributed by atoms with van der Waals surface area (Å²) in [6, 6.07) is 6.54. The number of aromatic nitrogens is 3. The largest absolute Gasteiger partial charge is 0.368 e. The fraction of sp³-hybridized carbons (Fsp3) is 0.286. The van der Waals surface area contributed by atoms with E-state index in [9.17, 15) is 9.59 Å². The van der Waals surface area contributed by atoms with Gasteiger partial charge in [0.1, 0.15) is 6.04 Å². The maximum absolute atomic E-state index is 11.9. The monoisotopic (exact) mass is 334 g/mol. The first kappa shape index (κ1) is 15.3. The number of H-pyrrole nitrogens is 1. The molecule has 9 heteroatoms. The van der Waals surface area contributed by atoms with Gasteiger partial charge in [-0.05, 0) is 24.6 Å². The number of hydrogen-bond donors (Lipinski definition) is 2. The van der Waals surface area contributed by atoms with Gasteiger partial charge in [0.2, 0.25) is 11.9 Å². The molecule has 0 saturated carbocycles. The second kappa shape index (κ2) is 5.88. The highest BCUT2D eigenvalue weighted by Crippen LogP contribution is 2.21. The number of carbonyl (C=O) groups excluding carboxylic acids is 1. The molecule has 1 aromatic heterocycles. The first-order chi connectivity index (χ1) is 11.0. The molecule has 1 unspecified atom stereocenters. The van der Waals surface area contributed by atoms with Gasteiger partial charge in [0.25, 0.3) is 0 Å². The highest BCUT2D eigenvalue weighted by molar-refractivity contribution is 6.30. The van der Waals surface area contributed by atoms with Crippen LogP contribution in [0.3, 0.4) is 0 Å². The molecule has 1 atom stereocenters. The van der Waals surface area contributed by atoms with Crippen LogP contribution >= 0.6 is 11.6 Å². The van der Waals surface area contributed by atoms with Crippen LogP contribution < -0.4 is 16.4 Å². The minimum atomic E-state index is -0.814. The third-order valence-corrected chi connectivity index (χ3v) is 3.95. The van der Waals surface area contributed by atoms with Crippen LogP contribution in [0.4, 0.5) is 5.95 Å². The van der Waals surface area contributed by atoms with Gasteiger partial charge in [0.05, 0.1) is 12.3 Å². The minimum absolute atomic E-state index is 0.269. The van der Waals surface area contributed by atoms with Crippen molar-refractivity contribution in [2.75, 3.05) is 11.6 Å². The number of aromatic amines is 1. The lowest BCUT2D eigenvalue weighted by Crippen LogP contribution is -2.33. The van der Waals surface area contributed by atoms with E-state index in [0.717, 1.165) is 11.3 Å². The number of carbonyl (C=O) groups is 1. The van der Waals surface area contributed by atoms with Crippen LogP contribution in [0.1, 0.15) is 24.9 Å². The van der Waals surface area contributed by atoms with Gasteiger partial charge in [-0.1, -0.05) is 23.7 Å². The number of amides is 1. The predicted molar refractivity (Wildman–Crippen MR) is 86.7 cm³/mol. The summed E-state index contributed by atoms with van der Waals surface area (Å²) in [6.45, 7) is 2.09. The summed E-state index contributed by atoms with van der Waals surface area (Å²) in [5, 5.41) is 13.0. The van der Waals surface area contributed by atoms with Crippen molar-refractivity contribution in [1.29, 1.82) is 0 Å². The Morgan fingerprint density at radius 2 is 2.09 bits per heavy atom. The van der Waals surface area contributed by atoms with Crippen molar-refractivity contribution in [3.8, 4) is 0 Å². The Kier molecular flexibility index (Phi) is 3.91. The molecule has 1 amide bonds. The number of hydrazone groups is 1. The van der Waals surface area contributed by atoms with Crippen molar-refractivity contribution in [3.05, 3.63) is 45.3 Å². The third-order valence-electron chi connectivity index (χ3n) is 3.70. The Labute approximate surface area is 136 Å². The van der Waals surface area contributed by atoms with Crippen LogP contribution in [-0.4, -0.2) is 32.9 Å². The van der Waals surface area contributed by atoms with Crippen LogP contribution in [0.2, 0.25) is 5.02 Å². The average Bonchev–Trinajstić information content (AvgIpc) is 3.13. The van der Waals surface area contributed by atoms with Gasteiger partial charge < -0.3 is 5.73 Å². The maximum atomic E-state index is 11.9. The fourth-order valence-electron chi connectivity index (χ4n) is 2.40. The summed E-state index contributed by atoms with van der Waals surface area (Å²) in [6.07, 6.45) is 0.688. The molecule has 3 rings (SSSR count). The van der Waals surface area contributed by atoms with E-state index < -0.39 is 17.6 Å². The van der Waals surface area contributed by atoms with Gasteiger partial charge in [0, 0.05) is 11.4 Å². The summed E-state index contributed by atoms with van der Waals surface area (Å²) < 4.78 is 1.20. The number of nitrogens with one attached hydrogen (secondary N) is 1. The van der Waals surface area contributed by atoms with Gasteiger partial charge in [-0.3, -0.25) is 4.79 Å². The zero-order valence-electron chi connectivity index (χ0n) is 12.4. The molecule has 0 bridgehead atoms. The maximum Gasteiger partial charge on any atom is 0.345 e. The smallest absolute Gasteiger partial charge is 0.345 e. The van der Waals surface area contributed by atoms with Crippen LogP contribution in [0.25, 0.3) is 0 Å². The standard InChI is InChI=1S/C14H15ClN6O2/c1-8(12(16)22)21-13(17-18-14(21)23)20-7-6-11(19-20)9-2-4-10(15)5-3-9/h2-5,8H,6-7H2,1H3,(H2,16,22)(H,18,23). The Hall–Kier alpha value is -2.61. The molecule has 1 aliphatic rings. The molecule has 8 nitrogen and oxygen atoms in total. The summed E-state index contributed by atoms with van der Waals surface area (Å²) in [5.74, 6) is -0.346. The van der Waals surface area contributed by atoms with E-state index in [1.165, 1.54) is 4.57 Å². The molecular weight excluding hydrogens is 320 g/mol. The van der Waals surface area contributed by atoms with Crippen molar-refractivity contribution in [2.24, 2.45) is 10.8 Å². The second-order valence-electron chi connectivity index (χ2n) is 5.20. The minimum Gasteiger partial charge on any atom is -0.368 e. The van der Waals surface area contributed by atoms with E-state index in [2.05, 4.69) is 15.3 Å². The summed E-state index contributed by atoms with van der Waals surface area (Å²) >= 11 is 5.88. The Morgan fingerprint density at radius 3 is 2.74 bits per heavy atom. The molecule has 3 N–H and O–H groups in total. The number of benzene rings is 1. The predicted octanol–water partition coefficient (Wildman–Crippen LogP) is 0.885. The molecule has 2 aromatic rings. The molecule has 2 heterocycles. The number of primary amides is 1. The number of nitrogens with two attached hydrogens (primary N) is 1. The van der Waals surface area contributed by atoms with Crippen molar-refractivity contribution in [3.63, 3.8) is 0 Å². The zero-order chi connectivity index (χ0) is 16.6. The summed E-state index contributed by atoms with van der Waals surface area (Å²) in [7, 11) is 0. The number of nitrogens with zero attached hydrogens (tertiary/aromatic N) is 4. The Morgan fingerprint density at radius 1 is 1.39 bits per heavy atom. The molecule has 0 spiro atoms. The van der Waals surface area contributed by atoms with Crippen LogP contribution in [0, 0.1) is 0 Å². The molecule has 1 aliphatic heterocycles. The summed E-state index contributed by atoms with van der Waals surface area (Å²) in [4.78, 5) is 23.3. The molecule has 0 saturated heterocycles. The first-order valence-electron chi connectivity index (χ1n) is 7.04. The van der Waals surface area contributed by atoms with E-state index in [4.69, 9.17) is 17.3 Å². The number of hydrogen-bond acceptors (Lipinski definition) is 5. The van der Waals surface area contributed by atoms with Gasteiger partial charge in [-0.15, -0.1) is 5.10 Å². The number of rotatable bonds is 4. The molecule has 23 heavy (non-hydrogen) atoms. The lowest BCUT2D eigenvalue weighted by atomic mass is 10.1. The van der Waals surface area contributed by atoms with E-state index >= 15 is 0 Å². The molecule has 1 aromatic carbocycles. The average molecular weight is 335 g/mol. The highest BCUT2D eigenvalue weighted by Gasteiger charge is 2.26. The normalized spacial score (nSPS) is 15.6. The van der Waals surface area contributed by atoms with Gasteiger partial charge >= 0.3 is 5.69 Å². The second-order valence-corrected chi connectivity index (χ2v) is 5.64. The van der Waals surface area contributed by atoms with Crippen LogP contribution in [-0.2, 0) is 4.79 Å². The highest BCUT2D eigenvalue weighted by atomic mass is 35.5. The molecule has 0 aliphatic carbocycles. The van der Waals surface area contributed by atoms with E-state index in [1.807, 2.05) is 12.1 Å². The molecular formula is C14H15ClN6O2. The lowest BCUT2D eigenvalue weighted by Gasteiger charge is -2.16. The molecule has 120 valence electrons. The van der Waals surface area contributed by atoms with Gasteiger partial charge in [-0.2, -0.15) is 5.10 Å². The van der Waals surface area contributed by atoms with E-state index in [1.54, 1.807) is 24.1 Å². The molecule has 0 radical (unpaired) electrons. The number of anilines is 1. The van der Waals surface area contributed by atoms with Crippen molar-refractivity contribution >= 4 is 29.2 Å². The van der Waals surface area contributed by atoms with Crippen LogP contribution in [0.15, 0.2) is 34.2 Å².